The molecule has 0 aromatic carbocycles. The van der Waals surface area contributed by atoms with Gasteiger partial charge >= 0.3 is 5.97 Å². The zero-order chi connectivity index (χ0) is 13.8. The molecule has 0 bridgehead atoms. The lowest BCUT2D eigenvalue weighted by molar-refractivity contribution is -0.149. The van der Waals surface area contributed by atoms with Crippen molar-refractivity contribution in [3.63, 3.8) is 0 Å². The van der Waals surface area contributed by atoms with E-state index in [1.54, 1.807) is 0 Å². The van der Waals surface area contributed by atoms with Crippen molar-refractivity contribution in [1.29, 1.82) is 0 Å². The lowest BCUT2D eigenvalue weighted by atomic mass is 9.82. The highest BCUT2D eigenvalue weighted by Crippen LogP contribution is 2.25. The Labute approximate surface area is 108 Å². The van der Waals surface area contributed by atoms with E-state index < -0.39 is 11.4 Å². The minimum Gasteiger partial charge on any atom is -0.481 e. The average Bonchev–Trinajstić information content (AvgIpc) is 2.66. The number of hydrogen-bond acceptors (Lipinski definition) is 3. The van der Waals surface area contributed by atoms with Crippen molar-refractivity contribution in [2.75, 3.05) is 6.54 Å². The van der Waals surface area contributed by atoms with Crippen molar-refractivity contribution in [3.05, 3.63) is 17.5 Å². The van der Waals surface area contributed by atoms with Crippen LogP contribution in [0.2, 0.25) is 0 Å². The van der Waals surface area contributed by atoms with Gasteiger partial charge in [-0.3, -0.25) is 9.48 Å². The third-order valence-electron chi connectivity index (χ3n) is 3.92. The van der Waals surface area contributed by atoms with Crippen LogP contribution in [-0.2, 0) is 18.4 Å². The van der Waals surface area contributed by atoms with Crippen molar-refractivity contribution in [2.24, 2.45) is 12.5 Å². The molecule has 0 aliphatic heterocycles. The Morgan fingerprint density at radius 2 is 2.11 bits per heavy atom. The van der Waals surface area contributed by atoms with Crippen molar-refractivity contribution in [1.82, 2.24) is 15.1 Å². The van der Waals surface area contributed by atoms with Gasteiger partial charge in [-0.2, -0.15) is 5.10 Å². The molecule has 102 valence electrons. The molecule has 0 fully saturated rings. The van der Waals surface area contributed by atoms with Crippen molar-refractivity contribution in [3.8, 4) is 0 Å². The maximum Gasteiger partial charge on any atom is 0.310 e. The number of aryl methyl sites for hydroxylation is 1. The number of rotatable bonds is 7. The fourth-order valence-corrected chi connectivity index (χ4v) is 2.03. The molecule has 2 N–H and O–H groups in total. The van der Waals surface area contributed by atoms with E-state index >= 15 is 0 Å². The molecular weight excluding hydrogens is 230 g/mol. The summed E-state index contributed by atoms with van der Waals surface area (Å²) < 4.78 is 1.82. The zero-order valence-corrected chi connectivity index (χ0v) is 11.7. The summed E-state index contributed by atoms with van der Waals surface area (Å²) in [5.74, 6) is -0.720. The first-order chi connectivity index (χ1) is 8.46. The molecule has 0 unspecified atom stereocenters. The molecule has 5 nitrogen and oxygen atoms in total. The molecule has 0 aliphatic carbocycles. The maximum atomic E-state index is 11.3. The highest BCUT2D eigenvalue weighted by molar-refractivity contribution is 5.74. The van der Waals surface area contributed by atoms with Gasteiger partial charge in [0.15, 0.2) is 0 Å². The maximum absolute atomic E-state index is 11.3. The van der Waals surface area contributed by atoms with E-state index in [2.05, 4.69) is 10.4 Å². The van der Waals surface area contributed by atoms with Crippen LogP contribution in [0.15, 0.2) is 6.20 Å². The topological polar surface area (TPSA) is 67.2 Å². The normalized spacial score (nSPS) is 11.8. The minimum absolute atomic E-state index is 0.490. The van der Waals surface area contributed by atoms with E-state index in [-0.39, 0.29) is 0 Å². The van der Waals surface area contributed by atoms with Crippen molar-refractivity contribution in [2.45, 2.75) is 40.2 Å². The monoisotopic (exact) mass is 253 g/mol. The summed E-state index contributed by atoms with van der Waals surface area (Å²) in [5.41, 5.74) is 1.57. The second kappa shape index (κ2) is 6.00. The second-order valence-electron chi connectivity index (χ2n) is 4.77. The number of carboxylic acids is 1. The van der Waals surface area contributed by atoms with Gasteiger partial charge in [0.2, 0.25) is 0 Å². The molecule has 1 rings (SSSR count). The quantitative estimate of drug-likeness (QED) is 0.776. The molecule has 0 aliphatic rings. The van der Waals surface area contributed by atoms with Gasteiger partial charge in [-0.15, -0.1) is 0 Å². The molecule has 1 heterocycles. The minimum atomic E-state index is -0.720. The molecule has 0 spiro atoms. The number of carbonyl (C=O) groups is 1. The largest absolute Gasteiger partial charge is 0.481 e. The van der Waals surface area contributed by atoms with Gasteiger partial charge in [-0.25, -0.2) is 0 Å². The summed E-state index contributed by atoms with van der Waals surface area (Å²) in [6, 6.07) is 0. The van der Waals surface area contributed by atoms with Crippen LogP contribution in [0.3, 0.4) is 0 Å². The standard InChI is InChI=1S/C13H23N3O2/c1-5-13(6-2,12(17)18)9-14-7-11-8-15-16(4)10(11)3/h8,14H,5-7,9H2,1-4H3,(H,17,18). The predicted molar refractivity (Wildman–Crippen MR) is 70.3 cm³/mol. The third kappa shape index (κ3) is 2.90. The molecule has 1 aromatic rings. The Morgan fingerprint density at radius 3 is 2.50 bits per heavy atom. The van der Waals surface area contributed by atoms with E-state index in [4.69, 9.17) is 0 Å². The molecule has 1 aromatic heterocycles. The summed E-state index contributed by atoms with van der Waals surface area (Å²) in [4.78, 5) is 11.3. The van der Waals surface area contributed by atoms with Crippen LogP contribution in [-0.4, -0.2) is 27.4 Å². The molecule has 0 saturated heterocycles. The fourth-order valence-electron chi connectivity index (χ4n) is 2.03. The first kappa shape index (κ1) is 14.7. The van der Waals surface area contributed by atoms with E-state index in [9.17, 15) is 9.90 Å². The van der Waals surface area contributed by atoms with Gasteiger partial charge in [0.1, 0.15) is 0 Å². The Hall–Kier alpha value is -1.36. The molecule has 0 amide bonds. The fraction of sp³-hybridized carbons (Fsp3) is 0.692. The molecule has 0 saturated carbocycles. The van der Waals surface area contributed by atoms with Crippen LogP contribution in [0, 0.1) is 12.3 Å². The number of aliphatic carboxylic acids is 1. The van der Waals surface area contributed by atoms with Crippen LogP contribution >= 0.6 is 0 Å². The number of carboxylic acid groups (broad SMARTS) is 1. The Morgan fingerprint density at radius 1 is 1.50 bits per heavy atom. The van der Waals surface area contributed by atoms with Gasteiger partial charge in [-0.1, -0.05) is 13.8 Å². The van der Waals surface area contributed by atoms with Crippen LogP contribution < -0.4 is 5.32 Å². The van der Waals surface area contributed by atoms with E-state index in [1.165, 1.54) is 0 Å². The SMILES string of the molecule is CCC(CC)(CNCc1cnn(C)c1C)C(=O)O. The Balaban J connectivity index is 2.59. The summed E-state index contributed by atoms with van der Waals surface area (Å²) in [6.07, 6.45) is 3.10. The molecular formula is C13H23N3O2. The van der Waals surface area contributed by atoms with Gasteiger partial charge in [-0.05, 0) is 19.8 Å². The van der Waals surface area contributed by atoms with Crippen molar-refractivity contribution >= 4 is 5.97 Å². The van der Waals surface area contributed by atoms with Crippen LogP contribution in [0.25, 0.3) is 0 Å². The van der Waals surface area contributed by atoms with Gasteiger partial charge in [0.25, 0.3) is 0 Å². The number of nitrogens with one attached hydrogen (secondary N) is 1. The zero-order valence-electron chi connectivity index (χ0n) is 11.7. The van der Waals surface area contributed by atoms with Gasteiger partial charge < -0.3 is 10.4 Å². The van der Waals surface area contributed by atoms with E-state index in [0.717, 1.165) is 11.3 Å². The number of aromatic nitrogens is 2. The van der Waals surface area contributed by atoms with Crippen LogP contribution in [0.1, 0.15) is 37.9 Å². The molecule has 18 heavy (non-hydrogen) atoms. The van der Waals surface area contributed by atoms with E-state index in [1.807, 2.05) is 38.7 Å². The van der Waals surface area contributed by atoms with E-state index in [0.29, 0.717) is 25.9 Å². The second-order valence-corrected chi connectivity index (χ2v) is 4.77. The summed E-state index contributed by atoms with van der Waals surface area (Å²) in [5, 5.41) is 16.7. The Kier molecular flexibility index (Phi) is 4.90. The summed E-state index contributed by atoms with van der Waals surface area (Å²) in [6.45, 7) is 7.01. The average molecular weight is 253 g/mol. The van der Waals surface area contributed by atoms with Gasteiger partial charge in [0.05, 0.1) is 11.6 Å². The lowest BCUT2D eigenvalue weighted by Crippen LogP contribution is -2.40. The highest BCUT2D eigenvalue weighted by Gasteiger charge is 2.34. The lowest BCUT2D eigenvalue weighted by Gasteiger charge is -2.26. The first-order valence-corrected chi connectivity index (χ1v) is 6.38. The van der Waals surface area contributed by atoms with Crippen LogP contribution in [0.4, 0.5) is 0 Å². The van der Waals surface area contributed by atoms with Crippen molar-refractivity contribution < 1.29 is 9.90 Å². The molecule has 0 radical (unpaired) electrons. The summed E-state index contributed by atoms with van der Waals surface area (Å²) >= 11 is 0. The Bertz CT molecular complexity index is 408. The predicted octanol–water partition coefficient (Wildman–Crippen LogP) is 1.71. The molecule has 0 atom stereocenters. The first-order valence-electron chi connectivity index (χ1n) is 6.38. The molecule has 5 heteroatoms. The summed E-state index contributed by atoms with van der Waals surface area (Å²) in [7, 11) is 1.90. The number of hydrogen-bond donors (Lipinski definition) is 2. The number of nitrogens with zero attached hydrogens (tertiary/aromatic N) is 2. The van der Waals surface area contributed by atoms with Gasteiger partial charge in [0, 0.05) is 31.4 Å². The highest BCUT2D eigenvalue weighted by atomic mass is 16.4. The third-order valence-corrected chi connectivity index (χ3v) is 3.92. The van der Waals surface area contributed by atoms with Crippen LogP contribution in [0.5, 0.6) is 0 Å². The smallest absolute Gasteiger partial charge is 0.310 e.